The second-order valence-corrected chi connectivity index (χ2v) is 7.13. The zero-order chi connectivity index (χ0) is 18.5. The highest BCUT2D eigenvalue weighted by molar-refractivity contribution is 5.76. The van der Waals surface area contributed by atoms with Gasteiger partial charge < -0.3 is 10.2 Å². The number of rotatable bonds is 5. The molecule has 1 fully saturated rings. The van der Waals surface area contributed by atoms with Gasteiger partial charge in [-0.15, -0.1) is 0 Å². The van der Waals surface area contributed by atoms with Crippen molar-refractivity contribution >= 4 is 11.9 Å². The molecule has 3 rings (SSSR count). The normalized spacial score (nSPS) is 16.3. The Hall–Kier alpha value is -2.50. The maximum atomic E-state index is 12.4. The molecule has 2 aromatic heterocycles. The van der Waals surface area contributed by atoms with E-state index < -0.39 is 0 Å². The summed E-state index contributed by atoms with van der Waals surface area (Å²) in [4.78, 5) is 28.0. The van der Waals surface area contributed by atoms with Crippen molar-refractivity contribution in [3.05, 3.63) is 47.5 Å². The Morgan fingerprint density at radius 1 is 1.23 bits per heavy atom. The molecule has 138 valence electrons. The fraction of sp³-hybridized carbons (Fsp3) is 0.500. The molecule has 0 spiro atoms. The number of hydrogen-bond donors (Lipinski definition) is 1. The molecule has 1 aliphatic heterocycles. The van der Waals surface area contributed by atoms with Gasteiger partial charge in [0.2, 0.25) is 11.9 Å². The van der Waals surface area contributed by atoms with Crippen LogP contribution in [0.3, 0.4) is 0 Å². The number of aryl methyl sites for hydroxylation is 2. The van der Waals surface area contributed by atoms with E-state index in [9.17, 15) is 4.79 Å². The lowest BCUT2D eigenvalue weighted by atomic mass is 9.93. The van der Waals surface area contributed by atoms with Gasteiger partial charge in [0, 0.05) is 37.1 Å². The zero-order valence-corrected chi connectivity index (χ0v) is 15.8. The second-order valence-electron chi connectivity index (χ2n) is 7.13. The number of carbonyl (C=O) groups is 1. The lowest BCUT2D eigenvalue weighted by Crippen LogP contribution is -2.37. The molecule has 1 atom stereocenters. The zero-order valence-electron chi connectivity index (χ0n) is 15.8. The molecular weight excluding hydrogens is 326 g/mol. The van der Waals surface area contributed by atoms with Crippen LogP contribution in [0.1, 0.15) is 49.3 Å². The van der Waals surface area contributed by atoms with Crippen LogP contribution in [0, 0.1) is 19.8 Å². The number of aromatic nitrogens is 3. The van der Waals surface area contributed by atoms with Crippen LogP contribution in [0.5, 0.6) is 0 Å². The first-order valence-electron chi connectivity index (χ1n) is 9.29. The van der Waals surface area contributed by atoms with Gasteiger partial charge in [-0.2, -0.15) is 0 Å². The largest absolute Gasteiger partial charge is 0.348 e. The Kier molecular flexibility index (Phi) is 5.81. The Morgan fingerprint density at radius 3 is 2.54 bits per heavy atom. The lowest BCUT2D eigenvalue weighted by Gasteiger charge is -2.32. The van der Waals surface area contributed by atoms with E-state index in [1.807, 2.05) is 45.0 Å². The molecule has 6 nitrogen and oxygen atoms in total. The number of amides is 1. The van der Waals surface area contributed by atoms with E-state index >= 15 is 0 Å². The molecule has 1 amide bonds. The van der Waals surface area contributed by atoms with Crippen molar-refractivity contribution in [3.8, 4) is 0 Å². The first-order chi connectivity index (χ1) is 12.5. The van der Waals surface area contributed by atoms with E-state index in [2.05, 4.69) is 25.2 Å². The summed E-state index contributed by atoms with van der Waals surface area (Å²) in [6.45, 7) is 7.77. The number of nitrogens with zero attached hydrogens (tertiary/aromatic N) is 4. The summed E-state index contributed by atoms with van der Waals surface area (Å²) in [5.41, 5.74) is 2.89. The van der Waals surface area contributed by atoms with Crippen LogP contribution in [0.2, 0.25) is 0 Å². The molecule has 2 aromatic rings. The number of nitrogens with one attached hydrogen (secondary N) is 1. The number of hydrogen-bond acceptors (Lipinski definition) is 5. The van der Waals surface area contributed by atoms with Crippen LogP contribution in [0.4, 0.5) is 5.95 Å². The molecule has 26 heavy (non-hydrogen) atoms. The molecular formula is C20H27N5O. The van der Waals surface area contributed by atoms with E-state index in [0.717, 1.165) is 49.0 Å². The Labute approximate surface area is 155 Å². The van der Waals surface area contributed by atoms with E-state index in [4.69, 9.17) is 0 Å². The predicted octanol–water partition coefficient (Wildman–Crippen LogP) is 2.97. The van der Waals surface area contributed by atoms with Crippen LogP contribution in [0.15, 0.2) is 30.5 Å². The molecule has 6 heteroatoms. The standard InChI is InChI=1S/C20H27N5O/c1-14-12-15(2)23-20(22-14)25-10-7-17(8-11-25)13-19(26)24-16(3)18-6-4-5-9-21-18/h4-6,9,12,16-17H,7-8,10-11,13H2,1-3H3,(H,24,26)/t16-/m0/s1. The number of anilines is 1. The SMILES string of the molecule is Cc1cc(C)nc(N2CCC(CC(=O)N[C@@H](C)c3ccccn3)CC2)n1. The topological polar surface area (TPSA) is 71.0 Å². The summed E-state index contributed by atoms with van der Waals surface area (Å²) < 4.78 is 0. The number of pyridine rings is 1. The molecule has 0 radical (unpaired) electrons. The molecule has 1 saturated heterocycles. The van der Waals surface area contributed by atoms with Crippen molar-refractivity contribution in [3.63, 3.8) is 0 Å². The van der Waals surface area contributed by atoms with E-state index in [0.29, 0.717) is 12.3 Å². The number of piperidine rings is 1. The summed E-state index contributed by atoms with van der Waals surface area (Å²) >= 11 is 0. The lowest BCUT2D eigenvalue weighted by molar-refractivity contribution is -0.122. The third-order valence-electron chi connectivity index (χ3n) is 4.85. The molecule has 1 aliphatic rings. The van der Waals surface area contributed by atoms with Crippen LogP contribution < -0.4 is 10.2 Å². The monoisotopic (exact) mass is 353 g/mol. The quantitative estimate of drug-likeness (QED) is 0.895. The highest BCUT2D eigenvalue weighted by Gasteiger charge is 2.24. The Balaban J connectivity index is 1.48. The second kappa shape index (κ2) is 8.25. The highest BCUT2D eigenvalue weighted by Crippen LogP contribution is 2.24. The van der Waals surface area contributed by atoms with Gasteiger partial charge in [-0.1, -0.05) is 6.07 Å². The maximum absolute atomic E-state index is 12.4. The van der Waals surface area contributed by atoms with Crippen molar-refractivity contribution in [1.29, 1.82) is 0 Å². The maximum Gasteiger partial charge on any atom is 0.225 e. The molecule has 0 aliphatic carbocycles. The van der Waals surface area contributed by atoms with Gasteiger partial charge in [0.15, 0.2) is 0 Å². The molecule has 0 unspecified atom stereocenters. The van der Waals surface area contributed by atoms with Gasteiger partial charge in [-0.05, 0) is 57.7 Å². The molecule has 0 bridgehead atoms. The van der Waals surface area contributed by atoms with Crippen LogP contribution in [-0.2, 0) is 4.79 Å². The molecule has 1 N–H and O–H groups in total. The van der Waals surface area contributed by atoms with Crippen molar-refractivity contribution in [1.82, 2.24) is 20.3 Å². The molecule has 0 saturated carbocycles. The fourth-order valence-electron chi connectivity index (χ4n) is 3.45. The first kappa shape index (κ1) is 18.3. The van der Waals surface area contributed by atoms with Gasteiger partial charge in [-0.3, -0.25) is 9.78 Å². The van der Waals surface area contributed by atoms with E-state index in [1.165, 1.54) is 0 Å². The summed E-state index contributed by atoms with van der Waals surface area (Å²) in [6.07, 6.45) is 4.30. The van der Waals surface area contributed by atoms with Gasteiger partial charge in [0.25, 0.3) is 0 Å². The van der Waals surface area contributed by atoms with Gasteiger partial charge in [0.05, 0.1) is 11.7 Å². The van der Waals surface area contributed by atoms with Crippen LogP contribution in [0.25, 0.3) is 0 Å². The van der Waals surface area contributed by atoms with Crippen molar-refractivity contribution < 1.29 is 4.79 Å². The number of carbonyl (C=O) groups excluding carboxylic acids is 1. The van der Waals surface area contributed by atoms with E-state index in [1.54, 1.807) is 6.20 Å². The van der Waals surface area contributed by atoms with Gasteiger partial charge >= 0.3 is 0 Å². The van der Waals surface area contributed by atoms with Crippen molar-refractivity contribution in [2.75, 3.05) is 18.0 Å². The Bertz CT molecular complexity index is 721. The minimum absolute atomic E-state index is 0.0625. The van der Waals surface area contributed by atoms with Crippen LogP contribution >= 0.6 is 0 Å². The van der Waals surface area contributed by atoms with E-state index in [-0.39, 0.29) is 11.9 Å². The minimum Gasteiger partial charge on any atom is -0.348 e. The summed E-state index contributed by atoms with van der Waals surface area (Å²) in [6, 6.07) is 7.69. The average Bonchev–Trinajstić information content (AvgIpc) is 2.62. The average molecular weight is 353 g/mol. The molecule has 3 heterocycles. The Morgan fingerprint density at radius 2 is 1.92 bits per heavy atom. The van der Waals surface area contributed by atoms with Crippen molar-refractivity contribution in [2.24, 2.45) is 5.92 Å². The summed E-state index contributed by atoms with van der Waals surface area (Å²) in [5.74, 6) is 1.33. The van der Waals surface area contributed by atoms with Gasteiger partial charge in [-0.25, -0.2) is 9.97 Å². The predicted molar refractivity (Wildman–Crippen MR) is 102 cm³/mol. The summed E-state index contributed by atoms with van der Waals surface area (Å²) in [5, 5.41) is 3.06. The van der Waals surface area contributed by atoms with Crippen molar-refractivity contribution in [2.45, 2.75) is 46.1 Å². The summed E-state index contributed by atoms with van der Waals surface area (Å²) in [7, 11) is 0. The smallest absolute Gasteiger partial charge is 0.225 e. The minimum atomic E-state index is -0.0625. The first-order valence-corrected chi connectivity index (χ1v) is 9.29. The van der Waals surface area contributed by atoms with Crippen LogP contribution in [-0.4, -0.2) is 33.9 Å². The fourth-order valence-corrected chi connectivity index (χ4v) is 3.45. The molecule has 0 aromatic carbocycles. The third kappa shape index (κ3) is 4.77. The third-order valence-corrected chi connectivity index (χ3v) is 4.85. The highest BCUT2D eigenvalue weighted by atomic mass is 16.1. The van der Waals surface area contributed by atoms with Gasteiger partial charge in [0.1, 0.15) is 0 Å².